The van der Waals surface area contributed by atoms with Crippen molar-refractivity contribution in [2.24, 2.45) is 11.8 Å². The number of carbonyl (C=O) groups excluding carboxylic acids is 1. The smallest absolute Gasteiger partial charge is 0.224 e. The van der Waals surface area contributed by atoms with Crippen molar-refractivity contribution in [3.8, 4) is 0 Å². The molecule has 2 heteroatoms. The molecule has 0 aliphatic heterocycles. The van der Waals surface area contributed by atoms with E-state index in [1.807, 2.05) is 30.3 Å². The van der Waals surface area contributed by atoms with Crippen LogP contribution in [-0.4, -0.2) is 5.91 Å². The molecule has 2 rings (SSSR count). The van der Waals surface area contributed by atoms with Crippen LogP contribution in [0.4, 0.5) is 5.69 Å². The van der Waals surface area contributed by atoms with Gasteiger partial charge in [0.15, 0.2) is 0 Å². The van der Waals surface area contributed by atoms with Gasteiger partial charge in [-0.3, -0.25) is 4.79 Å². The number of hydrogen-bond donors (Lipinski definition) is 1. The first-order chi connectivity index (χ1) is 7.75. The highest BCUT2D eigenvalue weighted by molar-refractivity contribution is 5.90. The number of rotatable bonds is 4. The molecule has 1 unspecified atom stereocenters. The van der Waals surface area contributed by atoms with Crippen LogP contribution in [0.3, 0.4) is 0 Å². The monoisotopic (exact) mass is 217 g/mol. The van der Waals surface area contributed by atoms with E-state index in [-0.39, 0.29) is 5.91 Å². The maximum absolute atomic E-state index is 11.8. The summed E-state index contributed by atoms with van der Waals surface area (Å²) in [5.74, 6) is 1.45. The van der Waals surface area contributed by atoms with E-state index in [2.05, 4.69) is 12.2 Å². The van der Waals surface area contributed by atoms with E-state index < -0.39 is 0 Å². The summed E-state index contributed by atoms with van der Waals surface area (Å²) in [7, 11) is 0. The van der Waals surface area contributed by atoms with Crippen molar-refractivity contribution in [2.45, 2.75) is 32.6 Å². The van der Waals surface area contributed by atoms with Crippen LogP contribution in [0.5, 0.6) is 0 Å². The van der Waals surface area contributed by atoms with Crippen LogP contribution >= 0.6 is 0 Å². The van der Waals surface area contributed by atoms with Crippen molar-refractivity contribution in [1.82, 2.24) is 0 Å². The van der Waals surface area contributed by atoms with Gasteiger partial charge in [-0.25, -0.2) is 0 Å². The van der Waals surface area contributed by atoms with E-state index in [9.17, 15) is 4.79 Å². The van der Waals surface area contributed by atoms with Crippen molar-refractivity contribution in [2.75, 3.05) is 5.32 Å². The molecule has 2 nitrogen and oxygen atoms in total. The highest BCUT2D eigenvalue weighted by Crippen LogP contribution is 2.34. The summed E-state index contributed by atoms with van der Waals surface area (Å²) in [6.45, 7) is 2.19. The zero-order valence-electron chi connectivity index (χ0n) is 9.78. The molecule has 16 heavy (non-hydrogen) atoms. The van der Waals surface area contributed by atoms with Crippen LogP contribution in [-0.2, 0) is 4.79 Å². The third-order valence-corrected chi connectivity index (χ3v) is 3.52. The van der Waals surface area contributed by atoms with Crippen LogP contribution in [0.1, 0.15) is 32.6 Å². The molecule has 1 aromatic rings. The summed E-state index contributed by atoms with van der Waals surface area (Å²) in [5, 5.41) is 2.94. The fourth-order valence-electron chi connectivity index (χ4n) is 2.20. The predicted octanol–water partition coefficient (Wildman–Crippen LogP) is 3.45. The Balaban J connectivity index is 1.80. The van der Waals surface area contributed by atoms with Crippen molar-refractivity contribution >= 4 is 11.6 Å². The highest BCUT2D eigenvalue weighted by Gasteiger charge is 2.25. The molecule has 86 valence electrons. The largest absolute Gasteiger partial charge is 0.326 e. The van der Waals surface area contributed by atoms with Crippen LogP contribution in [0.2, 0.25) is 0 Å². The Kier molecular flexibility index (Phi) is 3.60. The lowest BCUT2D eigenvalue weighted by molar-refractivity contribution is -0.117. The number of amides is 1. The van der Waals surface area contributed by atoms with Gasteiger partial charge in [0.1, 0.15) is 0 Å². The quantitative estimate of drug-likeness (QED) is 0.822. The number of hydrogen-bond acceptors (Lipinski definition) is 1. The Morgan fingerprint density at radius 3 is 2.62 bits per heavy atom. The summed E-state index contributed by atoms with van der Waals surface area (Å²) in [6.07, 6.45) is 4.61. The molecule has 1 aliphatic carbocycles. The fraction of sp³-hybridized carbons (Fsp3) is 0.500. The second-order valence-electron chi connectivity index (χ2n) is 4.79. The third kappa shape index (κ3) is 2.84. The Hall–Kier alpha value is -1.31. The standard InChI is InChI=1S/C14H19NO/c1-11(12-6-5-7-12)10-14(16)15-13-8-3-2-4-9-13/h2-4,8-9,11-12H,5-7,10H2,1H3,(H,15,16). The number of carbonyl (C=O) groups is 1. The number of para-hydroxylation sites is 1. The SMILES string of the molecule is CC(CC(=O)Nc1ccccc1)C1CCC1. The maximum Gasteiger partial charge on any atom is 0.224 e. The molecule has 1 saturated carbocycles. The minimum absolute atomic E-state index is 0.144. The van der Waals surface area contributed by atoms with E-state index in [1.54, 1.807) is 0 Å². The lowest BCUT2D eigenvalue weighted by Gasteiger charge is -2.31. The van der Waals surface area contributed by atoms with Gasteiger partial charge in [0.2, 0.25) is 5.91 Å². The molecule has 0 bridgehead atoms. The molecule has 0 saturated heterocycles. The van der Waals surface area contributed by atoms with Crippen LogP contribution in [0.25, 0.3) is 0 Å². The second kappa shape index (κ2) is 5.15. The Labute approximate surface area is 97.1 Å². The van der Waals surface area contributed by atoms with Crippen LogP contribution < -0.4 is 5.32 Å². The molecule has 1 aromatic carbocycles. The molecule has 1 aliphatic rings. The molecule has 1 fully saturated rings. The first-order valence-electron chi connectivity index (χ1n) is 6.10. The van der Waals surface area contributed by atoms with Gasteiger partial charge in [-0.2, -0.15) is 0 Å². The number of nitrogens with one attached hydrogen (secondary N) is 1. The van der Waals surface area contributed by atoms with Gasteiger partial charge in [-0.1, -0.05) is 44.4 Å². The average Bonchev–Trinajstić information content (AvgIpc) is 2.15. The number of anilines is 1. The van der Waals surface area contributed by atoms with Crippen molar-refractivity contribution < 1.29 is 4.79 Å². The minimum atomic E-state index is 0.144. The van der Waals surface area contributed by atoms with Gasteiger partial charge in [0.25, 0.3) is 0 Å². The minimum Gasteiger partial charge on any atom is -0.326 e. The molecular formula is C14H19NO. The van der Waals surface area contributed by atoms with Gasteiger partial charge >= 0.3 is 0 Å². The lowest BCUT2D eigenvalue weighted by atomic mass is 9.75. The van der Waals surface area contributed by atoms with E-state index in [0.29, 0.717) is 12.3 Å². The second-order valence-corrected chi connectivity index (χ2v) is 4.79. The van der Waals surface area contributed by atoms with Gasteiger partial charge in [0, 0.05) is 12.1 Å². The molecule has 0 heterocycles. The molecule has 1 N–H and O–H groups in total. The Morgan fingerprint density at radius 2 is 2.06 bits per heavy atom. The summed E-state index contributed by atoms with van der Waals surface area (Å²) >= 11 is 0. The summed E-state index contributed by atoms with van der Waals surface area (Å²) in [4.78, 5) is 11.8. The van der Waals surface area contributed by atoms with Crippen molar-refractivity contribution in [3.63, 3.8) is 0 Å². The van der Waals surface area contributed by atoms with Crippen LogP contribution in [0.15, 0.2) is 30.3 Å². The topological polar surface area (TPSA) is 29.1 Å². The van der Waals surface area contributed by atoms with Gasteiger partial charge in [-0.05, 0) is 24.0 Å². The fourth-order valence-corrected chi connectivity index (χ4v) is 2.20. The predicted molar refractivity (Wildman–Crippen MR) is 66.2 cm³/mol. The third-order valence-electron chi connectivity index (χ3n) is 3.52. The molecule has 0 aromatic heterocycles. The molecule has 0 spiro atoms. The number of benzene rings is 1. The van der Waals surface area contributed by atoms with Gasteiger partial charge in [0.05, 0.1) is 0 Å². The van der Waals surface area contributed by atoms with Crippen molar-refractivity contribution in [1.29, 1.82) is 0 Å². The molecule has 0 radical (unpaired) electrons. The zero-order valence-corrected chi connectivity index (χ0v) is 9.78. The summed E-state index contributed by atoms with van der Waals surface area (Å²) in [6, 6.07) is 9.67. The van der Waals surface area contributed by atoms with Gasteiger partial charge in [-0.15, -0.1) is 0 Å². The lowest BCUT2D eigenvalue weighted by Crippen LogP contribution is -2.24. The molecule has 1 amide bonds. The Bertz CT molecular complexity index is 343. The van der Waals surface area contributed by atoms with Crippen molar-refractivity contribution in [3.05, 3.63) is 30.3 Å². The average molecular weight is 217 g/mol. The van der Waals surface area contributed by atoms with E-state index in [0.717, 1.165) is 11.6 Å². The molecule has 1 atom stereocenters. The maximum atomic E-state index is 11.8. The van der Waals surface area contributed by atoms with Crippen LogP contribution in [0, 0.1) is 11.8 Å². The van der Waals surface area contributed by atoms with E-state index in [4.69, 9.17) is 0 Å². The molecular weight excluding hydrogens is 198 g/mol. The highest BCUT2D eigenvalue weighted by atomic mass is 16.1. The normalized spacial score (nSPS) is 17.6. The summed E-state index contributed by atoms with van der Waals surface area (Å²) < 4.78 is 0. The van der Waals surface area contributed by atoms with Gasteiger partial charge < -0.3 is 5.32 Å². The van der Waals surface area contributed by atoms with E-state index in [1.165, 1.54) is 19.3 Å². The van der Waals surface area contributed by atoms with E-state index >= 15 is 0 Å². The Morgan fingerprint density at radius 1 is 1.38 bits per heavy atom. The zero-order chi connectivity index (χ0) is 11.4. The first kappa shape index (κ1) is 11.2. The first-order valence-corrected chi connectivity index (χ1v) is 6.10. The summed E-state index contributed by atoms with van der Waals surface area (Å²) in [5.41, 5.74) is 0.897.